The zero-order valence-electron chi connectivity index (χ0n) is 10.8. The molecular weight excluding hydrogens is 271 g/mol. The second kappa shape index (κ2) is 6.07. The van der Waals surface area contributed by atoms with Gasteiger partial charge >= 0.3 is 6.18 Å². The Bertz CT molecular complexity index is 419. The number of hydrogen-bond donors (Lipinski definition) is 1. The Hall–Kier alpha value is -0.840. The summed E-state index contributed by atoms with van der Waals surface area (Å²) in [7, 11) is 0. The van der Waals surface area contributed by atoms with E-state index in [4.69, 9.17) is 0 Å². The Morgan fingerprint density at radius 3 is 2.68 bits per heavy atom. The van der Waals surface area contributed by atoms with Crippen LogP contribution in [0.4, 0.5) is 18.9 Å². The minimum absolute atomic E-state index is 0.147. The van der Waals surface area contributed by atoms with E-state index in [0.717, 1.165) is 31.1 Å². The van der Waals surface area contributed by atoms with Gasteiger partial charge in [-0.3, -0.25) is 0 Å². The predicted octanol–water partition coefficient (Wildman–Crippen LogP) is 4.79. The van der Waals surface area contributed by atoms with Crippen molar-refractivity contribution in [2.75, 3.05) is 11.1 Å². The molecule has 1 aromatic rings. The van der Waals surface area contributed by atoms with Crippen LogP contribution in [0.2, 0.25) is 0 Å². The summed E-state index contributed by atoms with van der Waals surface area (Å²) in [5.41, 5.74) is -0.356. The Morgan fingerprint density at radius 2 is 2.00 bits per heavy atom. The van der Waals surface area contributed by atoms with Crippen LogP contribution in [-0.4, -0.2) is 17.0 Å². The Kier molecular flexibility index (Phi) is 4.66. The smallest absolute Gasteiger partial charge is 0.381 e. The first kappa shape index (κ1) is 14.6. The van der Waals surface area contributed by atoms with Gasteiger partial charge in [-0.2, -0.15) is 24.9 Å². The van der Waals surface area contributed by atoms with Crippen molar-refractivity contribution >= 4 is 17.4 Å². The largest absolute Gasteiger partial charge is 0.418 e. The molecule has 0 saturated heterocycles. The first-order chi connectivity index (χ1) is 9.02. The molecule has 0 radical (unpaired) electrons. The summed E-state index contributed by atoms with van der Waals surface area (Å²) >= 11 is 1.84. The molecule has 0 bridgehead atoms. The predicted molar refractivity (Wildman–Crippen MR) is 74.6 cm³/mol. The third-order valence-electron chi connectivity index (χ3n) is 3.41. The van der Waals surface area contributed by atoms with Gasteiger partial charge in [-0.1, -0.05) is 25.5 Å². The molecule has 106 valence electrons. The van der Waals surface area contributed by atoms with Gasteiger partial charge in [0.15, 0.2) is 0 Å². The molecule has 1 saturated carbocycles. The maximum absolute atomic E-state index is 12.9. The lowest BCUT2D eigenvalue weighted by Gasteiger charge is -2.23. The maximum atomic E-state index is 12.9. The van der Waals surface area contributed by atoms with Gasteiger partial charge in [0.05, 0.1) is 5.56 Å². The number of anilines is 1. The van der Waals surface area contributed by atoms with Gasteiger partial charge in [-0.25, -0.2) is 0 Å². The van der Waals surface area contributed by atoms with Gasteiger partial charge in [-0.05, 0) is 30.7 Å². The van der Waals surface area contributed by atoms with Crippen molar-refractivity contribution in [3.8, 4) is 0 Å². The van der Waals surface area contributed by atoms with E-state index in [1.807, 2.05) is 11.8 Å². The Morgan fingerprint density at radius 1 is 1.26 bits per heavy atom. The molecule has 1 nitrogen and oxygen atoms in total. The highest BCUT2D eigenvalue weighted by molar-refractivity contribution is 7.99. The first-order valence-corrected chi connectivity index (χ1v) is 7.61. The van der Waals surface area contributed by atoms with Crippen LogP contribution in [0, 0.1) is 0 Å². The second-order valence-corrected chi connectivity index (χ2v) is 6.24. The number of halogens is 3. The zero-order valence-corrected chi connectivity index (χ0v) is 11.7. The monoisotopic (exact) mass is 289 g/mol. The minimum atomic E-state index is -4.30. The highest BCUT2D eigenvalue weighted by Crippen LogP contribution is 2.37. The fourth-order valence-electron chi connectivity index (χ4n) is 2.56. The van der Waals surface area contributed by atoms with Crippen molar-refractivity contribution < 1.29 is 13.2 Å². The summed E-state index contributed by atoms with van der Waals surface area (Å²) in [6.45, 7) is 2.09. The summed E-state index contributed by atoms with van der Waals surface area (Å²) in [6.07, 6.45) is -1.17. The number of para-hydroxylation sites is 1. The Balaban J connectivity index is 2.15. The van der Waals surface area contributed by atoms with Crippen molar-refractivity contribution in [2.24, 2.45) is 0 Å². The molecule has 0 aliphatic heterocycles. The molecule has 1 N–H and O–H groups in total. The molecule has 2 rings (SSSR count). The van der Waals surface area contributed by atoms with Crippen LogP contribution in [0.15, 0.2) is 24.3 Å². The number of alkyl halides is 3. The molecule has 0 spiro atoms. The van der Waals surface area contributed by atoms with E-state index < -0.39 is 11.7 Å². The van der Waals surface area contributed by atoms with E-state index in [1.165, 1.54) is 12.1 Å². The third-order valence-corrected chi connectivity index (χ3v) is 4.73. The molecule has 2 atom stereocenters. The fraction of sp³-hybridized carbons (Fsp3) is 0.571. The van der Waals surface area contributed by atoms with Gasteiger partial charge in [0.1, 0.15) is 0 Å². The standard InChI is InChI=1S/C14H18F3NS/c1-2-19-13-9-5-8-12(13)18-11-7-4-3-6-10(11)14(15,16)17/h3-4,6-7,12-13,18H,2,5,8-9H2,1H3. The molecule has 1 fully saturated rings. The van der Waals surface area contributed by atoms with Crippen molar-refractivity contribution in [3.05, 3.63) is 29.8 Å². The van der Waals surface area contributed by atoms with E-state index in [1.54, 1.807) is 6.07 Å². The van der Waals surface area contributed by atoms with Crippen LogP contribution in [0.25, 0.3) is 0 Å². The number of thioether (sulfide) groups is 1. The molecule has 0 amide bonds. The quantitative estimate of drug-likeness (QED) is 0.855. The summed E-state index contributed by atoms with van der Waals surface area (Å²) in [5.74, 6) is 1.00. The molecule has 5 heteroatoms. The van der Waals surface area contributed by atoms with Crippen LogP contribution in [-0.2, 0) is 6.18 Å². The summed E-state index contributed by atoms with van der Waals surface area (Å²) < 4.78 is 38.8. The van der Waals surface area contributed by atoms with E-state index in [0.29, 0.717) is 5.25 Å². The van der Waals surface area contributed by atoms with Crippen molar-refractivity contribution in [2.45, 2.75) is 43.7 Å². The Labute approximate surface area is 116 Å². The number of nitrogens with one attached hydrogen (secondary N) is 1. The highest BCUT2D eigenvalue weighted by atomic mass is 32.2. The first-order valence-electron chi connectivity index (χ1n) is 6.56. The molecule has 2 unspecified atom stereocenters. The van der Waals surface area contributed by atoms with E-state index in [-0.39, 0.29) is 11.7 Å². The molecule has 1 aliphatic carbocycles. The molecular formula is C14H18F3NS. The molecule has 1 aliphatic rings. The summed E-state index contributed by atoms with van der Waals surface area (Å²) in [6, 6.07) is 5.89. The van der Waals surface area contributed by atoms with Crippen LogP contribution in [0.1, 0.15) is 31.7 Å². The van der Waals surface area contributed by atoms with Gasteiger partial charge in [0.25, 0.3) is 0 Å². The van der Waals surface area contributed by atoms with Crippen molar-refractivity contribution in [3.63, 3.8) is 0 Å². The minimum Gasteiger partial charge on any atom is -0.381 e. The lowest BCUT2D eigenvalue weighted by Crippen LogP contribution is -2.27. The lowest BCUT2D eigenvalue weighted by atomic mass is 10.1. The normalized spacial score (nSPS) is 23.6. The molecule has 0 aromatic heterocycles. The van der Waals surface area contributed by atoms with Gasteiger partial charge in [0, 0.05) is 17.0 Å². The summed E-state index contributed by atoms with van der Waals surface area (Å²) in [5, 5.41) is 3.53. The van der Waals surface area contributed by atoms with Crippen molar-refractivity contribution in [1.82, 2.24) is 0 Å². The third kappa shape index (κ3) is 3.59. The average molecular weight is 289 g/mol. The van der Waals surface area contributed by atoms with Crippen LogP contribution >= 0.6 is 11.8 Å². The van der Waals surface area contributed by atoms with Crippen LogP contribution in [0.5, 0.6) is 0 Å². The summed E-state index contributed by atoms with van der Waals surface area (Å²) in [4.78, 5) is 0. The fourth-order valence-corrected chi connectivity index (χ4v) is 3.76. The maximum Gasteiger partial charge on any atom is 0.418 e. The van der Waals surface area contributed by atoms with Crippen LogP contribution in [0.3, 0.4) is 0 Å². The number of rotatable bonds is 4. The SMILES string of the molecule is CCSC1CCCC1Nc1ccccc1C(F)(F)F. The molecule has 0 heterocycles. The number of hydrogen-bond acceptors (Lipinski definition) is 2. The highest BCUT2D eigenvalue weighted by Gasteiger charge is 2.35. The molecule has 1 aromatic carbocycles. The van der Waals surface area contributed by atoms with Crippen LogP contribution < -0.4 is 5.32 Å². The van der Waals surface area contributed by atoms with Crippen molar-refractivity contribution in [1.29, 1.82) is 0 Å². The topological polar surface area (TPSA) is 12.0 Å². The van der Waals surface area contributed by atoms with E-state index >= 15 is 0 Å². The second-order valence-electron chi connectivity index (χ2n) is 4.72. The number of benzene rings is 1. The van der Waals surface area contributed by atoms with Gasteiger partial charge in [0.2, 0.25) is 0 Å². The zero-order chi connectivity index (χ0) is 13.9. The average Bonchev–Trinajstić information content (AvgIpc) is 2.77. The van der Waals surface area contributed by atoms with E-state index in [9.17, 15) is 13.2 Å². The lowest BCUT2D eigenvalue weighted by molar-refractivity contribution is -0.137. The molecule has 19 heavy (non-hydrogen) atoms. The van der Waals surface area contributed by atoms with Gasteiger partial charge < -0.3 is 5.32 Å². The van der Waals surface area contributed by atoms with E-state index in [2.05, 4.69) is 12.2 Å². The van der Waals surface area contributed by atoms with Gasteiger partial charge in [-0.15, -0.1) is 0 Å².